The third-order valence-electron chi connectivity index (χ3n) is 2.33. The Hall–Kier alpha value is -0.940. The van der Waals surface area contributed by atoms with Gasteiger partial charge in [-0.25, -0.2) is 8.42 Å². The van der Waals surface area contributed by atoms with Gasteiger partial charge in [-0.15, -0.1) is 0 Å². The molecule has 16 heavy (non-hydrogen) atoms. The molecule has 1 aromatic heterocycles. The minimum absolute atomic E-state index is 0.197. The van der Waals surface area contributed by atoms with Crippen LogP contribution in [-0.2, 0) is 16.4 Å². The van der Waals surface area contributed by atoms with E-state index in [1.165, 1.54) is 6.26 Å². The van der Waals surface area contributed by atoms with E-state index in [4.69, 9.17) is 0 Å². The molecule has 0 spiro atoms. The van der Waals surface area contributed by atoms with Gasteiger partial charge in [-0.2, -0.15) is 0 Å². The lowest BCUT2D eigenvalue weighted by atomic mass is 10.2. The summed E-state index contributed by atoms with van der Waals surface area (Å²) in [6.07, 6.45) is 5.41. The zero-order valence-electron chi connectivity index (χ0n) is 9.68. The van der Waals surface area contributed by atoms with E-state index in [0.29, 0.717) is 6.42 Å². The highest BCUT2D eigenvalue weighted by molar-refractivity contribution is 7.90. The Morgan fingerprint density at radius 1 is 1.38 bits per heavy atom. The van der Waals surface area contributed by atoms with Crippen molar-refractivity contribution in [3.63, 3.8) is 0 Å². The molecule has 0 bridgehead atoms. The maximum absolute atomic E-state index is 11.0. The van der Waals surface area contributed by atoms with Crippen molar-refractivity contribution in [1.29, 1.82) is 0 Å². The molecule has 0 saturated heterocycles. The van der Waals surface area contributed by atoms with E-state index in [2.05, 4.69) is 10.3 Å². The average Bonchev–Trinajstić information content (AvgIpc) is 2.24. The van der Waals surface area contributed by atoms with Gasteiger partial charge in [0, 0.05) is 31.2 Å². The molecule has 0 amide bonds. The van der Waals surface area contributed by atoms with Crippen molar-refractivity contribution in [2.75, 3.05) is 12.0 Å². The minimum Gasteiger partial charge on any atom is -0.310 e. The smallest absolute Gasteiger partial charge is 0.147 e. The molecule has 0 saturated carbocycles. The topological polar surface area (TPSA) is 59.1 Å². The Bertz CT molecular complexity index is 403. The summed E-state index contributed by atoms with van der Waals surface area (Å²) in [7, 11) is -2.85. The molecule has 0 aromatic carbocycles. The number of sulfone groups is 1. The van der Waals surface area contributed by atoms with Crippen molar-refractivity contribution in [3.8, 4) is 0 Å². The van der Waals surface area contributed by atoms with Crippen LogP contribution in [0.25, 0.3) is 0 Å². The Morgan fingerprint density at radius 2 is 2.00 bits per heavy atom. The fourth-order valence-corrected chi connectivity index (χ4v) is 2.07. The largest absolute Gasteiger partial charge is 0.310 e. The number of hydrogen-bond donors (Lipinski definition) is 1. The van der Waals surface area contributed by atoms with Crippen LogP contribution in [0.2, 0.25) is 0 Å². The molecular weight excluding hydrogens is 224 g/mol. The molecule has 4 nitrogen and oxygen atoms in total. The zero-order valence-corrected chi connectivity index (χ0v) is 10.5. The van der Waals surface area contributed by atoms with E-state index >= 15 is 0 Å². The first-order chi connectivity index (χ1) is 7.47. The summed E-state index contributed by atoms with van der Waals surface area (Å²) in [6.45, 7) is 2.74. The van der Waals surface area contributed by atoms with Crippen LogP contribution in [0, 0.1) is 0 Å². The highest BCUT2D eigenvalue weighted by Gasteiger charge is 2.07. The molecular formula is C11H18N2O2S. The Balaban J connectivity index is 2.28. The predicted molar refractivity (Wildman–Crippen MR) is 64.9 cm³/mol. The first-order valence-corrected chi connectivity index (χ1v) is 7.33. The van der Waals surface area contributed by atoms with Gasteiger partial charge in [0.15, 0.2) is 0 Å². The van der Waals surface area contributed by atoms with Crippen LogP contribution < -0.4 is 5.32 Å². The van der Waals surface area contributed by atoms with Crippen molar-refractivity contribution in [2.24, 2.45) is 0 Å². The zero-order chi connectivity index (χ0) is 12.0. The number of rotatable bonds is 6. The molecule has 90 valence electrons. The summed E-state index contributed by atoms with van der Waals surface area (Å²) in [4.78, 5) is 3.93. The molecule has 0 aliphatic carbocycles. The summed E-state index contributed by atoms with van der Waals surface area (Å²) in [5.74, 6) is 0.234. The average molecular weight is 242 g/mol. The van der Waals surface area contributed by atoms with Gasteiger partial charge < -0.3 is 5.32 Å². The second kappa shape index (κ2) is 5.96. The number of nitrogens with one attached hydrogen (secondary N) is 1. The van der Waals surface area contributed by atoms with Crippen LogP contribution >= 0.6 is 0 Å². The number of hydrogen-bond acceptors (Lipinski definition) is 4. The highest BCUT2D eigenvalue weighted by Crippen LogP contribution is 1.99. The second-order valence-corrected chi connectivity index (χ2v) is 6.32. The summed E-state index contributed by atoms with van der Waals surface area (Å²) in [5.41, 5.74) is 1.15. The monoisotopic (exact) mass is 242 g/mol. The van der Waals surface area contributed by atoms with Gasteiger partial charge >= 0.3 is 0 Å². The molecule has 1 N–H and O–H groups in total. The van der Waals surface area contributed by atoms with E-state index in [1.54, 1.807) is 12.4 Å². The van der Waals surface area contributed by atoms with E-state index in [0.717, 1.165) is 12.1 Å². The van der Waals surface area contributed by atoms with Crippen LogP contribution in [0.5, 0.6) is 0 Å². The summed E-state index contributed by atoms with van der Waals surface area (Å²) >= 11 is 0. The Labute approximate surface area is 97.0 Å². The van der Waals surface area contributed by atoms with Crippen LogP contribution in [0.15, 0.2) is 24.5 Å². The van der Waals surface area contributed by atoms with Gasteiger partial charge in [0.05, 0.1) is 5.75 Å². The van der Waals surface area contributed by atoms with Crippen molar-refractivity contribution < 1.29 is 8.42 Å². The van der Waals surface area contributed by atoms with Gasteiger partial charge in [0.2, 0.25) is 0 Å². The van der Waals surface area contributed by atoms with Crippen molar-refractivity contribution in [1.82, 2.24) is 10.3 Å². The maximum Gasteiger partial charge on any atom is 0.147 e. The van der Waals surface area contributed by atoms with E-state index in [1.807, 2.05) is 19.1 Å². The Morgan fingerprint density at radius 3 is 2.56 bits per heavy atom. The number of nitrogens with zero attached hydrogens (tertiary/aromatic N) is 1. The lowest BCUT2D eigenvalue weighted by molar-refractivity contribution is 0.527. The van der Waals surface area contributed by atoms with Crippen LogP contribution in [0.4, 0.5) is 0 Å². The van der Waals surface area contributed by atoms with Crippen molar-refractivity contribution in [3.05, 3.63) is 30.1 Å². The van der Waals surface area contributed by atoms with Crippen LogP contribution in [0.3, 0.4) is 0 Å². The third kappa shape index (κ3) is 5.82. The molecule has 1 unspecified atom stereocenters. The van der Waals surface area contributed by atoms with E-state index < -0.39 is 9.84 Å². The highest BCUT2D eigenvalue weighted by atomic mass is 32.2. The minimum atomic E-state index is -2.85. The second-order valence-electron chi connectivity index (χ2n) is 4.06. The molecule has 1 aromatic rings. The van der Waals surface area contributed by atoms with Crippen molar-refractivity contribution >= 4 is 9.84 Å². The molecule has 1 atom stereocenters. The predicted octanol–water partition coefficient (Wildman–Crippen LogP) is 0.994. The fourth-order valence-electron chi connectivity index (χ4n) is 1.29. The SMILES string of the molecule is CC(CCS(C)(=O)=O)NCc1ccncc1. The molecule has 1 heterocycles. The molecule has 5 heteroatoms. The summed E-state index contributed by atoms with van der Waals surface area (Å²) in [6, 6.07) is 4.08. The first-order valence-electron chi connectivity index (χ1n) is 5.27. The van der Waals surface area contributed by atoms with Gasteiger partial charge in [-0.3, -0.25) is 4.98 Å². The fraction of sp³-hybridized carbons (Fsp3) is 0.545. The van der Waals surface area contributed by atoms with Crippen molar-refractivity contribution in [2.45, 2.75) is 25.9 Å². The maximum atomic E-state index is 11.0. The van der Waals surface area contributed by atoms with Crippen LogP contribution in [-0.4, -0.2) is 31.5 Å². The van der Waals surface area contributed by atoms with E-state index in [-0.39, 0.29) is 11.8 Å². The first kappa shape index (κ1) is 13.1. The standard InChI is InChI=1S/C11H18N2O2S/c1-10(5-8-16(2,14)15)13-9-11-3-6-12-7-4-11/h3-4,6-7,10,13H,5,8-9H2,1-2H3. The number of aromatic nitrogens is 1. The number of pyridine rings is 1. The lowest BCUT2D eigenvalue weighted by Crippen LogP contribution is -2.27. The normalized spacial score (nSPS) is 13.6. The Kier molecular flexibility index (Phi) is 4.89. The van der Waals surface area contributed by atoms with Gasteiger partial charge in [0.1, 0.15) is 9.84 Å². The van der Waals surface area contributed by atoms with Gasteiger partial charge in [-0.05, 0) is 31.0 Å². The lowest BCUT2D eigenvalue weighted by Gasteiger charge is -2.12. The third-order valence-corrected chi connectivity index (χ3v) is 3.30. The molecule has 0 aliphatic rings. The summed E-state index contributed by atoms with van der Waals surface area (Å²) in [5, 5.41) is 3.28. The quantitative estimate of drug-likeness (QED) is 0.808. The van der Waals surface area contributed by atoms with Gasteiger partial charge in [-0.1, -0.05) is 0 Å². The van der Waals surface area contributed by atoms with Crippen LogP contribution in [0.1, 0.15) is 18.9 Å². The van der Waals surface area contributed by atoms with E-state index in [9.17, 15) is 8.42 Å². The summed E-state index contributed by atoms with van der Waals surface area (Å²) < 4.78 is 21.9. The molecule has 0 radical (unpaired) electrons. The van der Waals surface area contributed by atoms with Gasteiger partial charge in [0.25, 0.3) is 0 Å². The molecule has 1 rings (SSSR count). The molecule has 0 fully saturated rings. The molecule has 0 aliphatic heterocycles.